The van der Waals surface area contributed by atoms with Crippen molar-refractivity contribution in [3.63, 3.8) is 0 Å². The smallest absolute Gasteiger partial charge is 0.303 e. The highest BCUT2D eigenvalue weighted by Crippen LogP contribution is 2.11. The van der Waals surface area contributed by atoms with E-state index < -0.39 is 5.97 Å². The van der Waals surface area contributed by atoms with Gasteiger partial charge in [0.25, 0.3) is 0 Å². The van der Waals surface area contributed by atoms with E-state index in [1.807, 2.05) is 6.08 Å². The zero-order valence-corrected chi connectivity index (χ0v) is 5.58. The molecule has 1 N–H and O–H groups in total. The van der Waals surface area contributed by atoms with Crippen LogP contribution < -0.4 is 0 Å². The number of hydrogen-bond acceptors (Lipinski definition) is 2. The second kappa shape index (κ2) is 3.15. The number of allylic oxidation sites excluding steroid dienone is 2. The fourth-order valence-corrected chi connectivity index (χ4v) is 0.813. The summed E-state index contributed by atoms with van der Waals surface area (Å²) in [6.07, 6.45) is 5.34. The van der Waals surface area contributed by atoms with Gasteiger partial charge in [-0.2, -0.15) is 0 Å². The molecule has 0 aromatic rings. The molecule has 0 saturated heterocycles. The van der Waals surface area contributed by atoms with Crippen molar-refractivity contribution < 1.29 is 9.90 Å². The van der Waals surface area contributed by atoms with Crippen LogP contribution in [0.3, 0.4) is 0 Å². The van der Waals surface area contributed by atoms with Crippen LogP contribution in [-0.2, 0) is 4.79 Å². The summed E-state index contributed by atoms with van der Waals surface area (Å²) in [5, 5.41) is 8.29. The second-order valence-electron chi connectivity index (χ2n) is 2.14. The summed E-state index contributed by atoms with van der Waals surface area (Å²) in [7, 11) is 0. The van der Waals surface area contributed by atoms with Crippen molar-refractivity contribution in [2.45, 2.75) is 19.3 Å². The summed E-state index contributed by atoms with van der Waals surface area (Å²) >= 11 is 0. The molecule has 0 amide bonds. The lowest BCUT2D eigenvalue weighted by atomic mass is 10.2. The molecule has 1 heterocycles. The summed E-state index contributed by atoms with van der Waals surface area (Å²) in [6.45, 7) is 0. The van der Waals surface area contributed by atoms with Gasteiger partial charge < -0.3 is 5.11 Å². The average Bonchev–Trinajstić information content (AvgIpc) is 2.34. The van der Waals surface area contributed by atoms with E-state index in [1.165, 1.54) is 0 Å². The van der Waals surface area contributed by atoms with Crippen LogP contribution in [0.5, 0.6) is 0 Å². The van der Waals surface area contributed by atoms with Crippen molar-refractivity contribution in [3.8, 4) is 0 Å². The maximum atomic E-state index is 10.1. The first kappa shape index (κ1) is 6.99. The lowest BCUT2D eigenvalue weighted by Gasteiger charge is -1.92. The fraction of sp³-hybridized carbons (Fsp3) is 0.429. The number of hydrogen-bond donors (Lipinski definition) is 1. The Balaban J connectivity index is 2.26. The highest BCUT2D eigenvalue weighted by Gasteiger charge is 2.01. The summed E-state index contributed by atoms with van der Waals surface area (Å²) in [5.74, 6) is -0.761. The molecule has 1 aliphatic heterocycles. The summed E-state index contributed by atoms with van der Waals surface area (Å²) in [6, 6.07) is 0. The predicted octanol–water partition coefficient (Wildman–Crippen LogP) is 1.21. The molecule has 0 aliphatic carbocycles. The Kier molecular flexibility index (Phi) is 2.20. The molecule has 0 aromatic heterocycles. The van der Waals surface area contributed by atoms with Crippen LogP contribution in [0.4, 0.5) is 0 Å². The van der Waals surface area contributed by atoms with Crippen molar-refractivity contribution in [1.29, 1.82) is 0 Å². The standard InChI is InChI=1S/C7H9NO2/c9-7(10)4-3-6-2-1-5-8-6/h2,5H,1,3-4H2,(H,9,10). The zero-order valence-electron chi connectivity index (χ0n) is 5.58. The van der Waals surface area contributed by atoms with Crippen LogP contribution >= 0.6 is 0 Å². The summed E-state index contributed by atoms with van der Waals surface area (Å²) in [4.78, 5) is 14.1. The van der Waals surface area contributed by atoms with E-state index in [9.17, 15) is 4.79 Å². The van der Waals surface area contributed by atoms with Crippen LogP contribution in [0.1, 0.15) is 19.3 Å². The van der Waals surface area contributed by atoms with Gasteiger partial charge >= 0.3 is 5.97 Å². The van der Waals surface area contributed by atoms with E-state index in [-0.39, 0.29) is 6.42 Å². The van der Waals surface area contributed by atoms with Gasteiger partial charge in [0.05, 0.1) is 6.42 Å². The van der Waals surface area contributed by atoms with Crippen LogP contribution in [0, 0.1) is 0 Å². The lowest BCUT2D eigenvalue weighted by molar-refractivity contribution is -0.136. The van der Waals surface area contributed by atoms with Gasteiger partial charge in [-0.05, 0) is 6.42 Å². The number of carbonyl (C=O) groups is 1. The monoisotopic (exact) mass is 139 g/mol. The van der Waals surface area contributed by atoms with Crippen molar-refractivity contribution in [1.82, 2.24) is 0 Å². The fourth-order valence-electron chi connectivity index (χ4n) is 0.813. The number of aliphatic imine (C=N–C) groups is 1. The third kappa shape index (κ3) is 2.01. The number of carboxylic acids is 1. The van der Waals surface area contributed by atoms with Gasteiger partial charge in [-0.1, -0.05) is 6.08 Å². The second-order valence-corrected chi connectivity index (χ2v) is 2.14. The third-order valence-electron chi connectivity index (χ3n) is 1.31. The molecule has 0 radical (unpaired) electrons. The molecule has 0 bridgehead atoms. The maximum absolute atomic E-state index is 10.1. The Bertz CT molecular complexity index is 194. The Morgan fingerprint density at radius 3 is 3.10 bits per heavy atom. The zero-order chi connectivity index (χ0) is 7.40. The number of carboxylic acid groups (broad SMARTS) is 1. The molecule has 0 unspecified atom stereocenters. The highest BCUT2D eigenvalue weighted by molar-refractivity contribution is 5.68. The molecule has 1 aliphatic rings. The minimum atomic E-state index is -0.761. The highest BCUT2D eigenvalue weighted by atomic mass is 16.4. The molecular weight excluding hydrogens is 130 g/mol. The summed E-state index contributed by atoms with van der Waals surface area (Å²) < 4.78 is 0. The third-order valence-corrected chi connectivity index (χ3v) is 1.31. The van der Waals surface area contributed by atoms with Gasteiger partial charge in [0.2, 0.25) is 0 Å². The van der Waals surface area contributed by atoms with Crippen molar-refractivity contribution in [2.24, 2.45) is 4.99 Å². The topological polar surface area (TPSA) is 49.7 Å². The minimum Gasteiger partial charge on any atom is -0.481 e. The van der Waals surface area contributed by atoms with E-state index in [2.05, 4.69) is 4.99 Å². The maximum Gasteiger partial charge on any atom is 0.303 e. The Hall–Kier alpha value is -1.12. The van der Waals surface area contributed by atoms with Crippen LogP contribution in [0.2, 0.25) is 0 Å². The quantitative estimate of drug-likeness (QED) is 0.638. The minimum absolute atomic E-state index is 0.184. The van der Waals surface area contributed by atoms with Gasteiger partial charge in [0.15, 0.2) is 0 Å². The predicted molar refractivity (Wildman–Crippen MR) is 38.1 cm³/mol. The van der Waals surface area contributed by atoms with E-state index >= 15 is 0 Å². The first-order valence-corrected chi connectivity index (χ1v) is 3.22. The van der Waals surface area contributed by atoms with Gasteiger partial charge in [-0.15, -0.1) is 0 Å². The molecule has 3 heteroatoms. The van der Waals surface area contributed by atoms with Crippen molar-refractivity contribution in [3.05, 3.63) is 11.8 Å². The molecule has 1 rings (SSSR count). The number of nitrogens with zero attached hydrogens (tertiary/aromatic N) is 1. The van der Waals surface area contributed by atoms with E-state index in [0.717, 1.165) is 12.1 Å². The molecule has 0 aromatic carbocycles. The molecule has 0 saturated carbocycles. The van der Waals surface area contributed by atoms with Gasteiger partial charge in [0.1, 0.15) is 0 Å². The Labute approximate surface area is 59.1 Å². The van der Waals surface area contributed by atoms with Crippen LogP contribution in [0.25, 0.3) is 0 Å². The number of aliphatic carboxylic acids is 1. The van der Waals surface area contributed by atoms with Gasteiger partial charge in [0, 0.05) is 18.3 Å². The molecule has 10 heavy (non-hydrogen) atoms. The normalized spacial score (nSPS) is 15.4. The largest absolute Gasteiger partial charge is 0.481 e. The average molecular weight is 139 g/mol. The molecular formula is C7H9NO2. The lowest BCUT2D eigenvalue weighted by Crippen LogP contribution is -1.93. The molecule has 3 nitrogen and oxygen atoms in total. The summed E-state index contributed by atoms with van der Waals surface area (Å²) in [5.41, 5.74) is 0.905. The van der Waals surface area contributed by atoms with E-state index in [0.29, 0.717) is 6.42 Å². The SMILES string of the molecule is O=C(O)CCC1=CCC=N1. The van der Waals surface area contributed by atoms with Crippen LogP contribution in [0.15, 0.2) is 16.8 Å². The molecule has 0 atom stereocenters. The van der Waals surface area contributed by atoms with Crippen LogP contribution in [-0.4, -0.2) is 17.3 Å². The first-order valence-electron chi connectivity index (χ1n) is 3.22. The Morgan fingerprint density at radius 2 is 2.60 bits per heavy atom. The van der Waals surface area contributed by atoms with Crippen molar-refractivity contribution in [2.75, 3.05) is 0 Å². The number of rotatable bonds is 3. The molecule has 54 valence electrons. The molecule has 0 spiro atoms. The molecule has 0 fully saturated rings. The van der Waals surface area contributed by atoms with Gasteiger partial charge in [-0.25, -0.2) is 0 Å². The Morgan fingerprint density at radius 1 is 1.80 bits per heavy atom. The first-order chi connectivity index (χ1) is 4.79. The van der Waals surface area contributed by atoms with E-state index in [4.69, 9.17) is 5.11 Å². The van der Waals surface area contributed by atoms with E-state index in [1.54, 1.807) is 6.21 Å². The van der Waals surface area contributed by atoms with Gasteiger partial charge in [-0.3, -0.25) is 9.79 Å². The van der Waals surface area contributed by atoms with Crippen molar-refractivity contribution >= 4 is 12.2 Å².